The molecule has 23 heavy (non-hydrogen) atoms. The zero-order chi connectivity index (χ0) is 15.6. The van der Waals surface area contributed by atoms with E-state index < -0.39 is 0 Å². The lowest BCUT2D eigenvalue weighted by molar-refractivity contribution is 0.445. The fourth-order valence-electron chi connectivity index (χ4n) is 2.99. The zero-order valence-electron chi connectivity index (χ0n) is 13.0. The quantitative estimate of drug-likeness (QED) is 0.685. The molecule has 0 spiro atoms. The number of rotatable bonds is 3. The molecule has 2 heterocycles. The van der Waals surface area contributed by atoms with Crippen LogP contribution in [0.3, 0.4) is 0 Å². The number of hydrogen-bond donors (Lipinski definition) is 0. The summed E-state index contributed by atoms with van der Waals surface area (Å²) in [5.74, 6) is 1.89. The summed E-state index contributed by atoms with van der Waals surface area (Å²) in [4.78, 5) is 0. The highest BCUT2D eigenvalue weighted by Gasteiger charge is 2.31. The first kappa shape index (κ1) is 13.8. The van der Waals surface area contributed by atoms with Crippen molar-refractivity contribution in [3.63, 3.8) is 0 Å². The lowest BCUT2D eigenvalue weighted by Crippen LogP contribution is -2.17. The Morgan fingerprint density at radius 1 is 0.913 bits per heavy atom. The molecular weight excluding hydrogens is 284 g/mol. The van der Waals surface area contributed by atoms with Crippen molar-refractivity contribution in [1.82, 2.24) is 0 Å². The highest BCUT2D eigenvalue weighted by molar-refractivity contribution is 6.03. The highest BCUT2D eigenvalue weighted by atomic mass is 16.3. The predicted octanol–water partition coefficient (Wildman–Crippen LogP) is 4.94. The van der Waals surface area contributed by atoms with Crippen LogP contribution in [-0.4, -0.2) is 5.71 Å². The molecule has 1 unspecified atom stereocenters. The molecule has 0 saturated carbocycles. The van der Waals surface area contributed by atoms with E-state index in [2.05, 4.69) is 47.5 Å². The van der Waals surface area contributed by atoms with Crippen molar-refractivity contribution in [1.29, 1.82) is 0 Å². The number of hydrogen-bond acceptors (Lipinski definition) is 3. The molecule has 4 rings (SSSR count). The molecule has 0 fully saturated rings. The monoisotopic (exact) mass is 302 g/mol. The topological polar surface area (TPSA) is 28.7 Å². The average molecular weight is 302 g/mol. The van der Waals surface area contributed by atoms with Crippen molar-refractivity contribution in [2.24, 2.45) is 5.10 Å². The van der Waals surface area contributed by atoms with Crippen LogP contribution in [0.1, 0.15) is 29.5 Å². The Bertz CT molecular complexity index is 821. The maximum Gasteiger partial charge on any atom is 0.129 e. The van der Waals surface area contributed by atoms with Gasteiger partial charge in [-0.25, -0.2) is 0 Å². The molecule has 1 aromatic heterocycles. The summed E-state index contributed by atoms with van der Waals surface area (Å²) in [5, 5.41) is 6.96. The van der Waals surface area contributed by atoms with Crippen molar-refractivity contribution >= 4 is 11.4 Å². The van der Waals surface area contributed by atoms with Crippen LogP contribution in [-0.2, 0) is 0 Å². The van der Waals surface area contributed by atoms with E-state index in [9.17, 15) is 0 Å². The van der Waals surface area contributed by atoms with Gasteiger partial charge in [-0.2, -0.15) is 5.10 Å². The number of benzene rings is 2. The molecule has 1 aliphatic rings. The third-order valence-corrected chi connectivity index (χ3v) is 4.13. The molecule has 0 radical (unpaired) electrons. The van der Waals surface area contributed by atoms with E-state index in [1.54, 1.807) is 0 Å². The lowest BCUT2D eigenvalue weighted by atomic mass is 10.0. The minimum Gasteiger partial charge on any atom is -0.464 e. The van der Waals surface area contributed by atoms with Crippen LogP contribution in [0.5, 0.6) is 0 Å². The molecule has 2 aromatic carbocycles. The largest absolute Gasteiger partial charge is 0.464 e. The van der Waals surface area contributed by atoms with Gasteiger partial charge >= 0.3 is 0 Å². The Morgan fingerprint density at radius 2 is 1.61 bits per heavy atom. The van der Waals surface area contributed by atoms with Crippen molar-refractivity contribution < 1.29 is 4.42 Å². The van der Waals surface area contributed by atoms with Gasteiger partial charge < -0.3 is 4.42 Å². The van der Waals surface area contributed by atoms with Crippen molar-refractivity contribution in [3.05, 3.63) is 89.9 Å². The fraction of sp³-hybridized carbons (Fsp3) is 0.150. The molecule has 3 heteroatoms. The molecular formula is C20H18N2O. The lowest BCUT2D eigenvalue weighted by Gasteiger charge is -2.21. The third kappa shape index (κ3) is 2.66. The number of hydrazone groups is 1. The summed E-state index contributed by atoms with van der Waals surface area (Å²) in [6.45, 7) is 1.98. The van der Waals surface area contributed by atoms with Crippen molar-refractivity contribution in [2.75, 3.05) is 5.01 Å². The summed E-state index contributed by atoms with van der Waals surface area (Å²) in [5.41, 5.74) is 3.34. The molecule has 3 aromatic rings. The second kappa shape index (κ2) is 5.76. The van der Waals surface area contributed by atoms with Crippen LogP contribution in [0.15, 0.2) is 82.3 Å². The number of furan rings is 1. The van der Waals surface area contributed by atoms with Crippen LogP contribution in [0.25, 0.3) is 0 Å². The van der Waals surface area contributed by atoms with Gasteiger partial charge in [0.25, 0.3) is 0 Å². The Hall–Kier alpha value is -2.81. The molecule has 1 aliphatic heterocycles. The van der Waals surface area contributed by atoms with Gasteiger partial charge in [-0.1, -0.05) is 48.5 Å². The fourth-order valence-corrected chi connectivity index (χ4v) is 2.99. The van der Waals surface area contributed by atoms with Crippen molar-refractivity contribution in [3.8, 4) is 0 Å². The van der Waals surface area contributed by atoms with E-state index in [1.807, 2.05) is 37.3 Å². The molecule has 0 N–H and O–H groups in total. The summed E-state index contributed by atoms with van der Waals surface area (Å²) >= 11 is 0. The van der Waals surface area contributed by atoms with E-state index in [-0.39, 0.29) is 6.04 Å². The van der Waals surface area contributed by atoms with E-state index >= 15 is 0 Å². The molecule has 0 bridgehead atoms. The number of aryl methyl sites for hydroxylation is 1. The Kier molecular flexibility index (Phi) is 3.46. The average Bonchev–Trinajstić information content (AvgIpc) is 3.23. The smallest absolute Gasteiger partial charge is 0.129 e. The molecule has 3 nitrogen and oxygen atoms in total. The number of anilines is 1. The van der Waals surface area contributed by atoms with Crippen LogP contribution >= 0.6 is 0 Å². The molecule has 1 atom stereocenters. The normalized spacial score (nSPS) is 17.3. The molecule has 0 amide bonds. The van der Waals surface area contributed by atoms with Crippen LogP contribution < -0.4 is 5.01 Å². The second-order valence-electron chi connectivity index (χ2n) is 5.76. The van der Waals surface area contributed by atoms with Gasteiger partial charge in [0.2, 0.25) is 0 Å². The summed E-state index contributed by atoms with van der Waals surface area (Å²) < 4.78 is 5.89. The van der Waals surface area contributed by atoms with E-state index in [0.29, 0.717) is 0 Å². The SMILES string of the molecule is Cc1ccc(C2CC(c3ccccc3)=NN2c2ccccc2)o1. The van der Waals surface area contributed by atoms with E-state index in [0.717, 1.165) is 29.3 Å². The van der Waals surface area contributed by atoms with E-state index in [4.69, 9.17) is 9.52 Å². The van der Waals surface area contributed by atoms with Crippen LogP contribution in [0.4, 0.5) is 5.69 Å². The van der Waals surface area contributed by atoms with Gasteiger partial charge in [0.05, 0.1) is 11.4 Å². The van der Waals surface area contributed by atoms with Crippen molar-refractivity contribution in [2.45, 2.75) is 19.4 Å². The first-order chi connectivity index (χ1) is 11.3. The number of nitrogens with zero attached hydrogens (tertiary/aromatic N) is 2. The van der Waals surface area contributed by atoms with E-state index in [1.165, 1.54) is 5.56 Å². The van der Waals surface area contributed by atoms with Gasteiger partial charge in [-0.15, -0.1) is 0 Å². The summed E-state index contributed by atoms with van der Waals surface area (Å²) in [6, 6.07) is 24.8. The maximum absolute atomic E-state index is 5.89. The first-order valence-corrected chi connectivity index (χ1v) is 7.85. The van der Waals surface area contributed by atoms with Gasteiger partial charge in [0.1, 0.15) is 17.6 Å². The van der Waals surface area contributed by atoms with Gasteiger partial charge in [0.15, 0.2) is 0 Å². The van der Waals surface area contributed by atoms with Crippen LogP contribution in [0.2, 0.25) is 0 Å². The van der Waals surface area contributed by atoms with Gasteiger partial charge in [-0.3, -0.25) is 5.01 Å². The molecule has 0 aliphatic carbocycles. The minimum atomic E-state index is 0.0984. The minimum absolute atomic E-state index is 0.0984. The zero-order valence-corrected chi connectivity index (χ0v) is 13.0. The summed E-state index contributed by atoms with van der Waals surface area (Å²) in [6.07, 6.45) is 0.839. The summed E-state index contributed by atoms with van der Waals surface area (Å²) in [7, 11) is 0. The maximum atomic E-state index is 5.89. The first-order valence-electron chi connectivity index (χ1n) is 7.85. The van der Waals surface area contributed by atoms with Crippen LogP contribution in [0, 0.1) is 6.92 Å². The molecule has 0 saturated heterocycles. The molecule has 114 valence electrons. The Balaban J connectivity index is 1.75. The van der Waals surface area contributed by atoms with Gasteiger partial charge in [0, 0.05) is 6.42 Å². The second-order valence-corrected chi connectivity index (χ2v) is 5.76. The predicted molar refractivity (Wildman–Crippen MR) is 92.7 cm³/mol. The van der Waals surface area contributed by atoms with Gasteiger partial charge in [-0.05, 0) is 36.8 Å². The third-order valence-electron chi connectivity index (χ3n) is 4.13. The Morgan fingerprint density at radius 3 is 2.26 bits per heavy atom. The highest BCUT2D eigenvalue weighted by Crippen LogP contribution is 2.37. The standard InChI is InChI=1S/C20H18N2O/c1-15-12-13-20(23-15)19-14-18(16-8-4-2-5-9-16)21-22(19)17-10-6-3-7-11-17/h2-13,19H,14H2,1H3. The Labute approximate surface area is 135 Å². The number of para-hydroxylation sites is 1.